The Morgan fingerprint density at radius 2 is 1.53 bits per heavy atom. The van der Waals surface area contributed by atoms with Crippen LogP contribution in [0.4, 0.5) is 18.9 Å². The van der Waals surface area contributed by atoms with Crippen LogP contribution in [0.25, 0.3) is 0 Å². The Labute approximate surface area is 107 Å². The minimum absolute atomic E-state index is 0.281. The first-order valence-corrected chi connectivity index (χ1v) is 5.50. The molecule has 0 aromatic heterocycles. The van der Waals surface area contributed by atoms with Crippen LogP contribution in [0.2, 0.25) is 0 Å². The van der Waals surface area contributed by atoms with E-state index in [1.807, 2.05) is 6.92 Å². The summed E-state index contributed by atoms with van der Waals surface area (Å²) in [6, 6.07) is 8.18. The van der Waals surface area contributed by atoms with Gasteiger partial charge >= 0.3 is 0 Å². The normalized spacial score (nSPS) is 10.3. The molecule has 1 N–H and O–H groups in total. The molecule has 0 aliphatic rings. The zero-order chi connectivity index (χ0) is 14.0. The molecule has 2 nitrogen and oxygen atoms in total. The average Bonchev–Trinajstić information content (AvgIpc) is 2.38. The van der Waals surface area contributed by atoms with Crippen molar-refractivity contribution in [1.29, 1.82) is 0 Å². The molecule has 0 atom stereocenters. The van der Waals surface area contributed by atoms with Crippen molar-refractivity contribution in [3.05, 3.63) is 65.0 Å². The minimum atomic E-state index is -1.59. The maximum absolute atomic E-state index is 13.0. The molecule has 0 fully saturated rings. The van der Waals surface area contributed by atoms with Crippen LogP contribution in [-0.2, 0) is 0 Å². The van der Waals surface area contributed by atoms with Crippen molar-refractivity contribution < 1.29 is 18.0 Å². The van der Waals surface area contributed by atoms with Crippen LogP contribution in [0.5, 0.6) is 0 Å². The average molecular weight is 265 g/mol. The molecule has 0 spiro atoms. The number of amides is 1. The first-order valence-electron chi connectivity index (χ1n) is 5.50. The molecule has 2 aromatic rings. The number of benzene rings is 2. The van der Waals surface area contributed by atoms with Crippen LogP contribution in [0, 0.1) is 24.4 Å². The fourth-order valence-corrected chi connectivity index (χ4v) is 1.53. The van der Waals surface area contributed by atoms with Crippen LogP contribution in [-0.4, -0.2) is 5.91 Å². The van der Waals surface area contributed by atoms with E-state index in [2.05, 4.69) is 5.32 Å². The number of aryl methyl sites for hydroxylation is 1. The SMILES string of the molecule is Cc1ccc(NC(=O)c2cc(F)c(F)c(F)c2)cc1. The third-order valence-electron chi connectivity index (χ3n) is 2.56. The number of hydrogen-bond donors (Lipinski definition) is 1. The Morgan fingerprint density at radius 3 is 2.05 bits per heavy atom. The van der Waals surface area contributed by atoms with Crippen LogP contribution < -0.4 is 5.32 Å². The van der Waals surface area contributed by atoms with Crippen molar-refractivity contribution >= 4 is 11.6 Å². The van der Waals surface area contributed by atoms with Gasteiger partial charge in [-0.3, -0.25) is 4.79 Å². The highest BCUT2D eigenvalue weighted by molar-refractivity contribution is 6.04. The van der Waals surface area contributed by atoms with Gasteiger partial charge in [-0.2, -0.15) is 0 Å². The molecule has 2 rings (SSSR count). The quantitative estimate of drug-likeness (QED) is 0.825. The predicted octanol–water partition coefficient (Wildman–Crippen LogP) is 3.66. The summed E-state index contributed by atoms with van der Waals surface area (Å²) < 4.78 is 38.8. The highest BCUT2D eigenvalue weighted by Crippen LogP contribution is 2.16. The Bertz CT molecular complexity index is 600. The summed E-state index contributed by atoms with van der Waals surface area (Å²) in [5.74, 6) is -5.09. The van der Waals surface area contributed by atoms with Crippen LogP contribution >= 0.6 is 0 Å². The second-order valence-corrected chi connectivity index (χ2v) is 4.07. The van der Waals surface area contributed by atoms with Crippen molar-refractivity contribution in [3.63, 3.8) is 0 Å². The second-order valence-electron chi connectivity index (χ2n) is 4.07. The van der Waals surface area contributed by atoms with Crippen LogP contribution in [0.1, 0.15) is 15.9 Å². The molecule has 0 heterocycles. The summed E-state index contributed by atoms with van der Waals surface area (Å²) in [6.45, 7) is 1.89. The van der Waals surface area contributed by atoms with Crippen molar-refractivity contribution in [1.82, 2.24) is 0 Å². The van der Waals surface area contributed by atoms with E-state index in [1.54, 1.807) is 24.3 Å². The van der Waals surface area contributed by atoms with E-state index in [0.717, 1.165) is 5.56 Å². The summed E-state index contributed by atoms with van der Waals surface area (Å²) >= 11 is 0. The highest BCUT2D eigenvalue weighted by Gasteiger charge is 2.15. The number of rotatable bonds is 2. The van der Waals surface area contributed by atoms with Gasteiger partial charge in [0.05, 0.1) is 0 Å². The number of carbonyl (C=O) groups excluding carboxylic acids is 1. The fraction of sp³-hybridized carbons (Fsp3) is 0.0714. The Balaban J connectivity index is 2.23. The standard InChI is InChI=1S/C14H10F3NO/c1-8-2-4-10(5-3-8)18-14(19)9-6-11(15)13(17)12(16)7-9/h2-7H,1H3,(H,18,19). The number of hydrogen-bond acceptors (Lipinski definition) is 1. The van der Waals surface area contributed by atoms with Gasteiger partial charge in [0.25, 0.3) is 5.91 Å². The maximum Gasteiger partial charge on any atom is 0.255 e. The molecular formula is C14H10F3NO. The van der Waals surface area contributed by atoms with E-state index in [1.165, 1.54) is 0 Å². The molecule has 19 heavy (non-hydrogen) atoms. The third kappa shape index (κ3) is 2.93. The van der Waals surface area contributed by atoms with Gasteiger partial charge < -0.3 is 5.32 Å². The lowest BCUT2D eigenvalue weighted by atomic mass is 10.1. The summed E-state index contributed by atoms with van der Waals surface area (Å²) in [5.41, 5.74) is 1.22. The molecule has 0 aliphatic carbocycles. The number of nitrogens with one attached hydrogen (secondary N) is 1. The zero-order valence-corrected chi connectivity index (χ0v) is 10.0. The molecule has 0 saturated heterocycles. The van der Waals surface area contributed by atoms with Gasteiger partial charge in [-0.25, -0.2) is 13.2 Å². The van der Waals surface area contributed by atoms with Crippen molar-refractivity contribution in [3.8, 4) is 0 Å². The predicted molar refractivity (Wildman–Crippen MR) is 65.4 cm³/mol. The summed E-state index contributed by atoms with van der Waals surface area (Å²) in [4.78, 5) is 11.7. The summed E-state index contributed by atoms with van der Waals surface area (Å²) in [7, 11) is 0. The smallest absolute Gasteiger partial charge is 0.255 e. The molecule has 0 saturated carbocycles. The maximum atomic E-state index is 13.0. The van der Waals surface area contributed by atoms with Gasteiger partial charge in [-0.05, 0) is 31.2 Å². The van der Waals surface area contributed by atoms with Gasteiger partial charge in [0.2, 0.25) is 0 Å². The van der Waals surface area contributed by atoms with E-state index >= 15 is 0 Å². The van der Waals surface area contributed by atoms with Gasteiger partial charge in [-0.1, -0.05) is 17.7 Å². The molecule has 0 aliphatic heterocycles. The van der Waals surface area contributed by atoms with Gasteiger partial charge in [0.15, 0.2) is 17.5 Å². The minimum Gasteiger partial charge on any atom is -0.322 e. The highest BCUT2D eigenvalue weighted by atomic mass is 19.2. The molecule has 2 aromatic carbocycles. The molecular weight excluding hydrogens is 255 g/mol. The topological polar surface area (TPSA) is 29.1 Å². The number of carbonyl (C=O) groups is 1. The lowest BCUT2D eigenvalue weighted by Gasteiger charge is -2.06. The lowest BCUT2D eigenvalue weighted by molar-refractivity contribution is 0.102. The number of anilines is 1. The lowest BCUT2D eigenvalue weighted by Crippen LogP contribution is -2.13. The fourth-order valence-electron chi connectivity index (χ4n) is 1.53. The monoisotopic (exact) mass is 265 g/mol. The van der Waals surface area contributed by atoms with Crippen LogP contribution in [0.3, 0.4) is 0 Å². The van der Waals surface area contributed by atoms with Crippen molar-refractivity contribution in [2.45, 2.75) is 6.92 Å². The first-order chi connectivity index (χ1) is 8.97. The Morgan fingerprint density at radius 1 is 1.00 bits per heavy atom. The van der Waals surface area contributed by atoms with Crippen molar-refractivity contribution in [2.24, 2.45) is 0 Å². The van der Waals surface area contributed by atoms with E-state index in [-0.39, 0.29) is 5.56 Å². The Kier molecular flexibility index (Phi) is 3.55. The van der Waals surface area contributed by atoms with E-state index in [4.69, 9.17) is 0 Å². The van der Waals surface area contributed by atoms with Crippen molar-refractivity contribution in [2.75, 3.05) is 5.32 Å². The van der Waals surface area contributed by atoms with Gasteiger partial charge in [0, 0.05) is 11.3 Å². The number of halogens is 3. The largest absolute Gasteiger partial charge is 0.322 e. The van der Waals surface area contributed by atoms with E-state index < -0.39 is 23.4 Å². The zero-order valence-electron chi connectivity index (χ0n) is 10.0. The molecule has 0 bridgehead atoms. The first kappa shape index (κ1) is 13.1. The second kappa shape index (κ2) is 5.14. The van der Waals surface area contributed by atoms with Gasteiger partial charge in [0.1, 0.15) is 0 Å². The molecule has 0 unspecified atom stereocenters. The van der Waals surface area contributed by atoms with E-state index in [9.17, 15) is 18.0 Å². The molecule has 5 heteroatoms. The summed E-state index contributed by atoms with van der Waals surface area (Å²) in [5, 5.41) is 2.46. The third-order valence-corrected chi connectivity index (χ3v) is 2.56. The van der Waals surface area contributed by atoms with Gasteiger partial charge in [-0.15, -0.1) is 0 Å². The van der Waals surface area contributed by atoms with E-state index in [0.29, 0.717) is 17.8 Å². The molecule has 98 valence electrons. The molecule has 0 radical (unpaired) electrons. The summed E-state index contributed by atoms with van der Waals surface area (Å²) in [6.07, 6.45) is 0. The van der Waals surface area contributed by atoms with Crippen LogP contribution in [0.15, 0.2) is 36.4 Å². The Hall–Kier alpha value is -2.30. The molecule has 1 amide bonds.